The number of carbonyl (C=O) groups is 1. The van der Waals surface area contributed by atoms with E-state index in [9.17, 15) is 13.2 Å². The van der Waals surface area contributed by atoms with Crippen LogP contribution in [0.5, 0.6) is 5.75 Å². The van der Waals surface area contributed by atoms with Gasteiger partial charge in [-0.1, -0.05) is 15.9 Å². The molecule has 2 rings (SSSR count). The number of carbonyl (C=O) groups excluding carboxylic acids is 1. The van der Waals surface area contributed by atoms with Crippen LogP contribution in [0.4, 0.5) is 10.5 Å². The molecule has 0 saturated carbocycles. The van der Waals surface area contributed by atoms with Crippen molar-refractivity contribution in [3.8, 4) is 5.75 Å². The number of aryl methyl sites for hydroxylation is 1. The molecule has 1 aliphatic rings. The topological polar surface area (TPSA) is 84.9 Å². The predicted octanol–water partition coefficient (Wildman–Crippen LogP) is 2.82. The molecule has 26 heavy (non-hydrogen) atoms. The third kappa shape index (κ3) is 5.34. The minimum absolute atomic E-state index is 0.00383. The summed E-state index contributed by atoms with van der Waals surface area (Å²) in [6.07, 6.45) is 1.09. The number of hydrogen-bond acceptors (Lipinski definition) is 5. The quantitative estimate of drug-likeness (QED) is 0.648. The summed E-state index contributed by atoms with van der Waals surface area (Å²) in [5.74, 6) is 0.664. The van der Waals surface area contributed by atoms with Gasteiger partial charge in [0, 0.05) is 30.8 Å². The molecule has 0 aliphatic carbocycles. The Hall–Kier alpha value is -1.32. The second-order valence-corrected chi connectivity index (χ2v) is 9.47. The van der Waals surface area contributed by atoms with Gasteiger partial charge in [0.2, 0.25) is 0 Å². The molecule has 0 aromatic heterocycles. The van der Waals surface area contributed by atoms with Crippen molar-refractivity contribution >= 4 is 37.5 Å². The van der Waals surface area contributed by atoms with Crippen molar-refractivity contribution in [1.82, 2.24) is 4.90 Å². The third-order valence-corrected chi connectivity index (χ3v) is 6.58. The Labute approximate surface area is 163 Å². The fourth-order valence-electron chi connectivity index (χ4n) is 3.06. The zero-order valence-electron chi connectivity index (χ0n) is 15.2. The molecule has 0 unspecified atom stereocenters. The van der Waals surface area contributed by atoms with Gasteiger partial charge in [-0.2, -0.15) is 0 Å². The van der Waals surface area contributed by atoms with Gasteiger partial charge in [-0.05, 0) is 37.5 Å². The fourth-order valence-corrected chi connectivity index (χ4v) is 5.34. The predicted molar refractivity (Wildman–Crippen MR) is 105 cm³/mol. The minimum Gasteiger partial charge on any atom is -0.495 e. The summed E-state index contributed by atoms with van der Waals surface area (Å²) in [6, 6.07) is 3.01. The maximum Gasteiger partial charge on any atom is 0.322 e. The first-order valence-corrected chi connectivity index (χ1v) is 11.0. The van der Waals surface area contributed by atoms with Crippen molar-refractivity contribution in [3.63, 3.8) is 0 Å². The molecule has 1 aromatic carbocycles. The van der Waals surface area contributed by atoms with E-state index in [1.165, 1.54) is 7.11 Å². The number of benzene rings is 1. The lowest BCUT2D eigenvalue weighted by Gasteiger charge is -2.29. The normalized spacial score (nSPS) is 18.5. The number of nitrogens with one attached hydrogen (secondary N) is 1. The number of amides is 2. The SMILES string of the molecule is COCCCN(C(=O)Nc1c(C)cc(Br)cc1OC)[C@H]1CCS(=O)(=O)C1. The molecule has 1 N–H and O–H groups in total. The first-order chi connectivity index (χ1) is 12.3. The lowest BCUT2D eigenvalue weighted by Crippen LogP contribution is -2.44. The first-order valence-electron chi connectivity index (χ1n) is 8.38. The van der Waals surface area contributed by atoms with Crippen molar-refractivity contribution < 1.29 is 22.7 Å². The van der Waals surface area contributed by atoms with Crippen LogP contribution in [-0.4, -0.2) is 64.3 Å². The molecule has 146 valence electrons. The molecule has 2 amide bonds. The standard InChI is InChI=1S/C17H25BrN2O5S/c1-12-9-13(18)10-15(25-3)16(12)19-17(21)20(6-4-7-24-2)14-5-8-26(22,23)11-14/h9-10,14H,4-8,11H2,1-3H3,(H,19,21)/t14-/m0/s1. The Morgan fingerprint density at radius 1 is 1.38 bits per heavy atom. The summed E-state index contributed by atoms with van der Waals surface area (Å²) in [5, 5.41) is 2.89. The highest BCUT2D eigenvalue weighted by Crippen LogP contribution is 2.32. The molecular formula is C17H25BrN2O5S. The van der Waals surface area contributed by atoms with Crippen LogP contribution in [0.2, 0.25) is 0 Å². The summed E-state index contributed by atoms with van der Waals surface area (Å²) < 4.78 is 35.0. The Morgan fingerprint density at radius 2 is 2.12 bits per heavy atom. The lowest BCUT2D eigenvalue weighted by atomic mass is 10.2. The van der Waals surface area contributed by atoms with E-state index in [0.717, 1.165) is 10.0 Å². The molecular weight excluding hydrogens is 424 g/mol. The monoisotopic (exact) mass is 448 g/mol. The van der Waals surface area contributed by atoms with E-state index in [0.29, 0.717) is 37.4 Å². The average Bonchev–Trinajstić information content (AvgIpc) is 2.93. The van der Waals surface area contributed by atoms with Crippen LogP contribution >= 0.6 is 15.9 Å². The van der Waals surface area contributed by atoms with E-state index in [2.05, 4.69) is 21.2 Å². The Balaban J connectivity index is 2.21. The number of halogens is 1. The molecule has 1 atom stereocenters. The van der Waals surface area contributed by atoms with Crippen LogP contribution in [0.25, 0.3) is 0 Å². The molecule has 0 bridgehead atoms. The van der Waals surface area contributed by atoms with Gasteiger partial charge >= 0.3 is 6.03 Å². The summed E-state index contributed by atoms with van der Waals surface area (Å²) in [6.45, 7) is 2.81. The number of ether oxygens (including phenoxy) is 2. The third-order valence-electron chi connectivity index (χ3n) is 4.37. The first kappa shape index (κ1) is 21.0. The van der Waals surface area contributed by atoms with Crippen LogP contribution in [0.3, 0.4) is 0 Å². The number of hydrogen-bond donors (Lipinski definition) is 1. The van der Waals surface area contributed by atoms with E-state index in [4.69, 9.17) is 9.47 Å². The summed E-state index contributed by atoms with van der Waals surface area (Å²) in [5.41, 5.74) is 1.43. The Bertz CT molecular complexity index is 754. The van der Waals surface area contributed by atoms with Crippen molar-refractivity contribution in [1.29, 1.82) is 0 Å². The van der Waals surface area contributed by atoms with E-state index < -0.39 is 9.84 Å². The maximum atomic E-state index is 12.9. The van der Waals surface area contributed by atoms with Gasteiger partial charge in [0.25, 0.3) is 0 Å². The molecule has 7 nitrogen and oxygen atoms in total. The summed E-state index contributed by atoms with van der Waals surface area (Å²) in [7, 11) is 0.0483. The van der Waals surface area contributed by atoms with Crippen molar-refractivity contribution in [2.45, 2.75) is 25.8 Å². The van der Waals surface area contributed by atoms with Gasteiger partial charge in [0.05, 0.1) is 24.3 Å². The van der Waals surface area contributed by atoms with Gasteiger partial charge in [0.15, 0.2) is 9.84 Å². The minimum atomic E-state index is -3.09. The van der Waals surface area contributed by atoms with Crippen LogP contribution in [0.1, 0.15) is 18.4 Å². The largest absolute Gasteiger partial charge is 0.495 e. The van der Waals surface area contributed by atoms with Gasteiger partial charge in [-0.15, -0.1) is 0 Å². The molecule has 0 spiro atoms. The maximum absolute atomic E-state index is 12.9. The van der Waals surface area contributed by atoms with Gasteiger partial charge in [0.1, 0.15) is 5.75 Å². The fraction of sp³-hybridized carbons (Fsp3) is 0.588. The lowest BCUT2D eigenvalue weighted by molar-refractivity contribution is 0.162. The molecule has 0 radical (unpaired) electrons. The highest BCUT2D eigenvalue weighted by molar-refractivity contribution is 9.10. The van der Waals surface area contributed by atoms with Crippen LogP contribution in [0.15, 0.2) is 16.6 Å². The molecule has 1 saturated heterocycles. The second-order valence-electron chi connectivity index (χ2n) is 6.33. The van der Waals surface area contributed by atoms with Crippen molar-refractivity contribution in [3.05, 3.63) is 22.2 Å². The highest BCUT2D eigenvalue weighted by atomic mass is 79.9. The number of sulfone groups is 1. The molecule has 1 aromatic rings. The van der Waals surface area contributed by atoms with Crippen LogP contribution in [-0.2, 0) is 14.6 Å². The van der Waals surface area contributed by atoms with E-state index in [-0.39, 0.29) is 23.6 Å². The number of urea groups is 1. The van der Waals surface area contributed by atoms with E-state index in [1.807, 2.05) is 13.0 Å². The highest BCUT2D eigenvalue weighted by Gasteiger charge is 2.34. The number of methoxy groups -OCH3 is 2. The molecule has 1 aliphatic heterocycles. The second kappa shape index (κ2) is 9.05. The van der Waals surface area contributed by atoms with E-state index >= 15 is 0 Å². The molecule has 1 heterocycles. The average molecular weight is 449 g/mol. The van der Waals surface area contributed by atoms with E-state index in [1.54, 1.807) is 18.1 Å². The zero-order valence-corrected chi connectivity index (χ0v) is 17.7. The Morgan fingerprint density at radius 3 is 2.69 bits per heavy atom. The molecule has 1 fully saturated rings. The van der Waals surface area contributed by atoms with Crippen molar-refractivity contribution in [2.24, 2.45) is 0 Å². The van der Waals surface area contributed by atoms with Gasteiger partial charge in [-0.25, -0.2) is 13.2 Å². The number of nitrogens with zero attached hydrogens (tertiary/aromatic N) is 1. The molecule has 9 heteroatoms. The summed E-state index contributed by atoms with van der Waals surface area (Å²) in [4.78, 5) is 14.5. The van der Waals surface area contributed by atoms with Gasteiger partial charge in [-0.3, -0.25) is 0 Å². The Kier molecular flexibility index (Phi) is 7.31. The number of rotatable bonds is 7. The van der Waals surface area contributed by atoms with Gasteiger partial charge < -0.3 is 19.7 Å². The number of anilines is 1. The smallest absolute Gasteiger partial charge is 0.322 e. The van der Waals surface area contributed by atoms with Crippen molar-refractivity contribution in [2.75, 3.05) is 44.2 Å². The van der Waals surface area contributed by atoms with Crippen LogP contribution < -0.4 is 10.1 Å². The summed E-state index contributed by atoms with van der Waals surface area (Å²) >= 11 is 3.41. The van der Waals surface area contributed by atoms with Crippen LogP contribution in [0, 0.1) is 6.92 Å². The zero-order chi connectivity index (χ0) is 19.3.